The third-order valence-corrected chi connectivity index (χ3v) is 20.0. The Morgan fingerprint density at radius 3 is 1.06 bits per heavy atom. The van der Waals surface area contributed by atoms with E-state index in [4.69, 9.17) is 9.97 Å². The van der Waals surface area contributed by atoms with Crippen molar-refractivity contribution in [2.75, 3.05) is 14.7 Å². The van der Waals surface area contributed by atoms with Crippen LogP contribution in [0.4, 0.5) is 51.2 Å². The number of anilines is 9. The van der Waals surface area contributed by atoms with Gasteiger partial charge in [0.25, 0.3) is 0 Å². The van der Waals surface area contributed by atoms with Crippen molar-refractivity contribution in [2.24, 2.45) is 0 Å². The van der Waals surface area contributed by atoms with Crippen LogP contribution in [0.5, 0.6) is 0 Å². The molecule has 8 nitrogen and oxygen atoms in total. The molecule has 0 saturated carbocycles. The summed E-state index contributed by atoms with van der Waals surface area (Å²) in [7, 11) is 0. The lowest BCUT2D eigenvalue weighted by atomic mass is 9.98. The largest absolute Gasteiger partial charge is 0.333 e. The second-order valence-corrected chi connectivity index (χ2v) is 26.1. The molecule has 1 atom stereocenters. The smallest absolute Gasteiger partial charge is 0.160 e. The highest BCUT2D eigenvalue weighted by atomic mass is 15.2. The van der Waals surface area contributed by atoms with Crippen LogP contribution in [0.1, 0.15) is 18.2 Å². The molecule has 0 spiro atoms. The summed E-state index contributed by atoms with van der Waals surface area (Å²) in [6, 6.07) is 131. The maximum absolute atomic E-state index is 5.67. The molecule has 14 aromatic carbocycles. The molecule has 18 aromatic rings. The number of fused-ring (bicyclic) bond motifs is 9. The third-order valence-electron chi connectivity index (χ3n) is 20.0. The molecule has 4 aromatic heterocycles. The Labute approximate surface area is 591 Å². The van der Waals surface area contributed by atoms with Crippen LogP contribution in [0.25, 0.3) is 105 Å². The summed E-state index contributed by atoms with van der Waals surface area (Å²) in [6.45, 7) is 0. The van der Waals surface area contributed by atoms with Crippen molar-refractivity contribution < 1.29 is 0 Å². The molecule has 0 saturated heterocycles. The van der Waals surface area contributed by atoms with Crippen LogP contribution in [-0.4, -0.2) is 23.7 Å². The minimum Gasteiger partial charge on any atom is -0.333 e. The van der Waals surface area contributed by atoms with Crippen LogP contribution in [0.3, 0.4) is 0 Å². The second kappa shape index (κ2) is 25.4. The molecule has 1 aliphatic rings. The number of allylic oxidation sites excluding steroid dienone is 4. The Bertz CT molecular complexity index is 5860. The Morgan fingerprint density at radius 2 is 0.608 bits per heavy atom. The van der Waals surface area contributed by atoms with Crippen molar-refractivity contribution in [3.05, 3.63) is 388 Å². The number of hydrogen-bond donors (Lipinski definition) is 0. The topological polar surface area (TPSA) is 50.3 Å². The van der Waals surface area contributed by atoms with E-state index >= 15 is 0 Å². The molecular weight excluding hydrogens is 1240 g/mol. The van der Waals surface area contributed by atoms with Crippen LogP contribution in [0.2, 0.25) is 0 Å². The zero-order chi connectivity index (χ0) is 67.5. The first-order chi connectivity index (χ1) is 50.6. The van der Waals surface area contributed by atoms with Gasteiger partial charge in [0.2, 0.25) is 0 Å². The highest BCUT2D eigenvalue weighted by Crippen LogP contribution is 2.46. The summed E-state index contributed by atoms with van der Waals surface area (Å²) in [5, 5.41) is 7.08. The van der Waals surface area contributed by atoms with Gasteiger partial charge in [-0.3, -0.25) is 0 Å². The summed E-state index contributed by atoms with van der Waals surface area (Å²) in [5.41, 5.74) is 23.2. The number of nitrogens with zero attached hydrogens (tertiary/aromatic N) is 8. The van der Waals surface area contributed by atoms with Crippen molar-refractivity contribution in [3.8, 4) is 34.0 Å². The van der Waals surface area contributed by atoms with Gasteiger partial charge in [-0.2, -0.15) is 0 Å². The third kappa shape index (κ3) is 10.6. The lowest BCUT2D eigenvalue weighted by molar-refractivity contribution is 0.650. The van der Waals surface area contributed by atoms with E-state index in [2.05, 4.69) is 411 Å². The minimum atomic E-state index is -0.0299. The van der Waals surface area contributed by atoms with Crippen molar-refractivity contribution in [1.29, 1.82) is 0 Å². The van der Waals surface area contributed by atoms with E-state index < -0.39 is 0 Å². The second-order valence-electron chi connectivity index (χ2n) is 26.1. The molecule has 1 unspecified atom stereocenters. The maximum Gasteiger partial charge on any atom is 0.160 e. The fourth-order valence-electron chi connectivity index (χ4n) is 15.5. The van der Waals surface area contributed by atoms with Gasteiger partial charge in [0.15, 0.2) is 5.82 Å². The monoisotopic (exact) mass is 1310 g/mol. The average molecular weight is 1310 g/mol. The summed E-state index contributed by atoms with van der Waals surface area (Å²) >= 11 is 0. The maximum atomic E-state index is 5.67. The average Bonchev–Trinajstić information content (AvgIpc) is 1.60. The molecule has 19 rings (SSSR count). The molecule has 4 heterocycles. The molecule has 0 N–H and O–H groups in total. The van der Waals surface area contributed by atoms with Crippen LogP contribution in [0, 0.1) is 0 Å². The Morgan fingerprint density at radius 1 is 0.265 bits per heavy atom. The van der Waals surface area contributed by atoms with Gasteiger partial charge in [-0.05, 0) is 188 Å². The molecule has 102 heavy (non-hydrogen) atoms. The molecular formula is C94H66N8. The highest BCUT2D eigenvalue weighted by Gasteiger charge is 2.25. The lowest BCUT2D eigenvalue weighted by Gasteiger charge is -2.26. The zero-order valence-electron chi connectivity index (χ0n) is 55.7. The van der Waals surface area contributed by atoms with Crippen LogP contribution >= 0.6 is 0 Å². The van der Waals surface area contributed by atoms with Gasteiger partial charge in [0, 0.05) is 117 Å². The first-order valence-electron chi connectivity index (χ1n) is 34.9. The molecule has 0 radical (unpaired) electrons. The Kier molecular flexibility index (Phi) is 14.9. The number of rotatable bonds is 15. The predicted octanol–water partition coefficient (Wildman–Crippen LogP) is 25.1. The summed E-state index contributed by atoms with van der Waals surface area (Å²) < 4.78 is 7.33. The van der Waals surface area contributed by atoms with Crippen LogP contribution in [-0.2, 0) is 0 Å². The van der Waals surface area contributed by atoms with E-state index in [1.807, 2.05) is 0 Å². The van der Waals surface area contributed by atoms with Crippen molar-refractivity contribution in [1.82, 2.24) is 23.7 Å². The Balaban J connectivity index is 0.759. The molecule has 0 amide bonds. The molecule has 0 fully saturated rings. The van der Waals surface area contributed by atoms with E-state index in [0.717, 1.165) is 130 Å². The van der Waals surface area contributed by atoms with Crippen molar-refractivity contribution in [3.63, 3.8) is 0 Å². The predicted molar refractivity (Wildman–Crippen MR) is 426 cm³/mol. The lowest BCUT2D eigenvalue weighted by Crippen LogP contribution is -2.10. The summed E-state index contributed by atoms with van der Waals surface area (Å²) in [6.07, 6.45) is 7.81. The first kappa shape index (κ1) is 59.7. The standard InChI is InChI=1S/C94H66N8/c1-7-31-68(32-8-1)97(69-33-9-2-10-34-69)77-52-55-91-83(61-77)80-46-19-22-49-88(80)100(91)74-43-25-28-65(58-74)86-64-87(66-29-26-44-75(59-66)101-89-50-23-20-47-81(89)84-62-78(53-56-92(84)101)98(70-35-11-3-12-36-70)71-37-13-4-14-38-71)96-94(95-86)67-30-27-45-76(60-67)102-90-51-24-21-48-82(90)85-63-79(54-57-93(85)102)99(72-39-15-5-16-40-72)73-41-17-6-18-42-73/h1-43,45-64,75H,44H2. The number of para-hydroxylation sites is 9. The molecule has 1 aliphatic carbocycles. The fourth-order valence-corrected chi connectivity index (χ4v) is 15.5. The van der Waals surface area contributed by atoms with Gasteiger partial charge in [0.1, 0.15) is 0 Å². The zero-order valence-corrected chi connectivity index (χ0v) is 55.7. The summed E-state index contributed by atoms with van der Waals surface area (Å²) in [4.78, 5) is 18.3. The molecule has 0 aliphatic heterocycles. The van der Waals surface area contributed by atoms with E-state index in [0.29, 0.717) is 5.82 Å². The van der Waals surface area contributed by atoms with Gasteiger partial charge in [-0.15, -0.1) is 0 Å². The van der Waals surface area contributed by atoms with E-state index in [-0.39, 0.29) is 6.04 Å². The minimum absolute atomic E-state index is 0.0299. The van der Waals surface area contributed by atoms with Crippen LogP contribution in [0.15, 0.2) is 382 Å². The van der Waals surface area contributed by atoms with Crippen molar-refractivity contribution >= 4 is 122 Å². The van der Waals surface area contributed by atoms with Crippen molar-refractivity contribution in [2.45, 2.75) is 12.5 Å². The van der Waals surface area contributed by atoms with E-state index in [1.54, 1.807) is 0 Å². The van der Waals surface area contributed by atoms with Gasteiger partial charge in [-0.25, -0.2) is 9.97 Å². The molecule has 0 bridgehead atoms. The van der Waals surface area contributed by atoms with Gasteiger partial charge in [0.05, 0.1) is 39.5 Å². The van der Waals surface area contributed by atoms with Crippen LogP contribution < -0.4 is 14.7 Å². The fraction of sp³-hybridized carbons (Fsp3) is 0.0213. The Hall–Kier alpha value is -13.6. The molecule has 482 valence electrons. The normalized spacial score (nSPS) is 13.0. The highest BCUT2D eigenvalue weighted by molar-refractivity contribution is 6.13. The molecule has 8 heteroatoms. The number of aromatic nitrogens is 5. The van der Waals surface area contributed by atoms with Gasteiger partial charge >= 0.3 is 0 Å². The summed E-state index contributed by atoms with van der Waals surface area (Å²) in [5.74, 6) is 0.632. The van der Waals surface area contributed by atoms with Gasteiger partial charge in [-0.1, -0.05) is 206 Å². The first-order valence-corrected chi connectivity index (χ1v) is 34.9. The number of benzene rings is 14. The van der Waals surface area contributed by atoms with Gasteiger partial charge < -0.3 is 28.4 Å². The number of hydrogen-bond acceptors (Lipinski definition) is 5. The van der Waals surface area contributed by atoms with E-state index in [9.17, 15) is 0 Å². The van der Waals surface area contributed by atoms with E-state index in [1.165, 1.54) is 32.6 Å². The quantitative estimate of drug-likeness (QED) is 0.102. The SMILES string of the molecule is C1=CC(c2cc(-c3cccc(-n4c5ccccc5c5cc(N(c6ccccc6)c6ccccc6)ccc54)c3)nc(-c3cccc(-n4c5ccccc5c5cc(N(c6ccccc6)c6ccccc6)ccc54)c3)n2)=CC(n2c3ccccc3c3cc(N(c4ccccc4)c4ccccc4)ccc32)C1.